The molecule has 0 spiro atoms. The van der Waals surface area contributed by atoms with Crippen molar-refractivity contribution in [3.63, 3.8) is 0 Å². The van der Waals surface area contributed by atoms with Crippen LogP contribution >= 0.6 is 0 Å². The van der Waals surface area contributed by atoms with Gasteiger partial charge in [0, 0.05) is 17.7 Å². The highest BCUT2D eigenvalue weighted by Gasteiger charge is 2.10. The van der Waals surface area contributed by atoms with Crippen LogP contribution in [0.2, 0.25) is 0 Å². The van der Waals surface area contributed by atoms with Gasteiger partial charge in [-0.15, -0.1) is 0 Å². The molecule has 0 saturated carbocycles. The van der Waals surface area contributed by atoms with Crippen LogP contribution in [0.1, 0.15) is 32.6 Å². The number of non-ortho nitro benzene ring substituents is 1. The van der Waals surface area contributed by atoms with E-state index in [2.05, 4.69) is 5.16 Å². The van der Waals surface area contributed by atoms with E-state index in [4.69, 9.17) is 15.3 Å². The Bertz CT molecular complexity index is 1100. The van der Waals surface area contributed by atoms with Gasteiger partial charge in [0.15, 0.2) is 5.84 Å². The first kappa shape index (κ1) is 21.5. The van der Waals surface area contributed by atoms with E-state index in [1.807, 2.05) is 32.0 Å². The zero-order chi connectivity index (χ0) is 22.4. The molecule has 0 fully saturated rings. The van der Waals surface area contributed by atoms with Gasteiger partial charge in [0.2, 0.25) is 0 Å². The molecule has 0 unspecified atom stereocenters. The van der Waals surface area contributed by atoms with Crippen LogP contribution in [0, 0.1) is 24.0 Å². The van der Waals surface area contributed by atoms with Crippen molar-refractivity contribution in [3.05, 3.63) is 105 Å². The highest BCUT2D eigenvalue weighted by molar-refractivity contribution is 5.98. The second kappa shape index (κ2) is 9.53. The lowest BCUT2D eigenvalue weighted by molar-refractivity contribution is -0.384. The van der Waals surface area contributed by atoms with Gasteiger partial charge in [0.05, 0.1) is 10.5 Å². The maximum atomic E-state index is 12.2. The molecule has 0 aliphatic carbocycles. The molecular weight excluding hydrogens is 398 g/mol. The van der Waals surface area contributed by atoms with E-state index in [0.29, 0.717) is 17.7 Å². The molecule has 0 atom stereocenters. The molecule has 2 N–H and O–H groups in total. The molecule has 158 valence electrons. The second-order valence-corrected chi connectivity index (χ2v) is 6.87. The number of rotatable bonds is 7. The first-order valence-corrected chi connectivity index (χ1v) is 9.42. The molecule has 0 heterocycles. The summed E-state index contributed by atoms with van der Waals surface area (Å²) >= 11 is 0. The monoisotopic (exact) mass is 419 g/mol. The Morgan fingerprint density at radius 2 is 1.55 bits per heavy atom. The number of nitro benzene ring substituents is 1. The SMILES string of the molecule is Cc1cccc(C)c1OCc1ccc(C(=O)O/N=C(\N)c2ccc([N+](=O)[O-])cc2)cc1. The minimum Gasteiger partial charge on any atom is -0.488 e. The van der Waals surface area contributed by atoms with Crippen molar-refractivity contribution in [2.75, 3.05) is 0 Å². The third kappa shape index (κ3) is 5.45. The Kier molecular flexibility index (Phi) is 6.61. The van der Waals surface area contributed by atoms with E-state index in [1.165, 1.54) is 24.3 Å². The topological polar surface area (TPSA) is 117 Å². The molecule has 0 aromatic heterocycles. The number of carbonyl (C=O) groups excluding carboxylic acids is 1. The molecule has 8 heteroatoms. The van der Waals surface area contributed by atoms with Crippen molar-refractivity contribution in [2.24, 2.45) is 10.9 Å². The standard InChI is InChI=1S/C23H21N3O5/c1-15-4-3-5-16(2)21(15)30-14-17-6-8-19(9-7-17)23(27)31-25-22(24)18-10-12-20(13-11-18)26(28)29/h3-13H,14H2,1-2H3,(H2,24,25). The van der Waals surface area contributed by atoms with Crippen LogP contribution in [-0.2, 0) is 11.4 Å². The van der Waals surface area contributed by atoms with E-state index >= 15 is 0 Å². The van der Waals surface area contributed by atoms with Gasteiger partial charge in [0.1, 0.15) is 12.4 Å². The lowest BCUT2D eigenvalue weighted by Gasteiger charge is -2.12. The summed E-state index contributed by atoms with van der Waals surface area (Å²) in [6, 6.07) is 18.2. The minimum absolute atomic E-state index is 0.0677. The van der Waals surface area contributed by atoms with Gasteiger partial charge < -0.3 is 15.3 Å². The second-order valence-electron chi connectivity index (χ2n) is 6.87. The number of nitro groups is 1. The molecule has 0 bridgehead atoms. The van der Waals surface area contributed by atoms with Gasteiger partial charge >= 0.3 is 5.97 Å². The lowest BCUT2D eigenvalue weighted by Crippen LogP contribution is -2.15. The number of hydrogen-bond donors (Lipinski definition) is 1. The van der Waals surface area contributed by atoms with Crippen LogP contribution in [0.5, 0.6) is 5.75 Å². The van der Waals surface area contributed by atoms with E-state index in [9.17, 15) is 14.9 Å². The molecule has 0 aliphatic rings. The maximum absolute atomic E-state index is 12.2. The highest BCUT2D eigenvalue weighted by atomic mass is 16.7. The fourth-order valence-corrected chi connectivity index (χ4v) is 2.87. The molecule has 0 saturated heterocycles. The smallest absolute Gasteiger partial charge is 0.365 e. The van der Waals surface area contributed by atoms with Crippen molar-refractivity contribution < 1.29 is 19.3 Å². The third-order valence-corrected chi connectivity index (χ3v) is 4.58. The summed E-state index contributed by atoms with van der Waals surface area (Å²) in [5.74, 6) is 0.107. The first-order valence-electron chi connectivity index (χ1n) is 9.42. The van der Waals surface area contributed by atoms with Crippen molar-refractivity contribution in [3.8, 4) is 5.75 Å². The number of oxime groups is 1. The van der Waals surface area contributed by atoms with Crippen LogP contribution in [-0.4, -0.2) is 16.7 Å². The van der Waals surface area contributed by atoms with Crippen LogP contribution in [0.3, 0.4) is 0 Å². The number of ether oxygens (including phenoxy) is 1. The largest absolute Gasteiger partial charge is 0.488 e. The number of hydrogen-bond acceptors (Lipinski definition) is 6. The number of nitrogens with two attached hydrogens (primary N) is 1. The van der Waals surface area contributed by atoms with Crippen LogP contribution < -0.4 is 10.5 Å². The summed E-state index contributed by atoms with van der Waals surface area (Å²) in [5.41, 5.74) is 9.42. The van der Waals surface area contributed by atoms with E-state index < -0.39 is 10.9 Å². The number of amidine groups is 1. The normalized spacial score (nSPS) is 11.1. The summed E-state index contributed by atoms with van der Waals surface area (Å²) in [6.45, 7) is 4.35. The summed E-state index contributed by atoms with van der Waals surface area (Å²) in [5, 5.41) is 14.3. The van der Waals surface area contributed by atoms with Crippen molar-refractivity contribution in [1.29, 1.82) is 0 Å². The van der Waals surface area contributed by atoms with Crippen molar-refractivity contribution >= 4 is 17.5 Å². The maximum Gasteiger partial charge on any atom is 0.365 e. The first-order chi connectivity index (χ1) is 14.8. The van der Waals surface area contributed by atoms with Gasteiger partial charge in [0.25, 0.3) is 5.69 Å². The highest BCUT2D eigenvalue weighted by Crippen LogP contribution is 2.23. The quantitative estimate of drug-likeness (QED) is 0.201. The Labute approximate surface area is 179 Å². The number of nitrogens with zero attached hydrogens (tertiary/aromatic N) is 2. The van der Waals surface area contributed by atoms with Crippen molar-refractivity contribution in [1.82, 2.24) is 0 Å². The van der Waals surface area contributed by atoms with Gasteiger partial charge in [-0.05, 0) is 54.8 Å². The predicted octanol–water partition coefficient (Wildman–Crippen LogP) is 4.27. The molecular formula is C23H21N3O5. The van der Waals surface area contributed by atoms with Gasteiger partial charge in [-0.3, -0.25) is 10.1 Å². The molecule has 31 heavy (non-hydrogen) atoms. The van der Waals surface area contributed by atoms with E-state index in [0.717, 1.165) is 22.4 Å². The lowest BCUT2D eigenvalue weighted by atomic mass is 10.1. The molecule has 3 aromatic carbocycles. The summed E-state index contributed by atoms with van der Waals surface area (Å²) in [7, 11) is 0. The average molecular weight is 419 g/mol. The Morgan fingerprint density at radius 3 is 2.13 bits per heavy atom. The Morgan fingerprint density at radius 1 is 0.968 bits per heavy atom. The fourth-order valence-electron chi connectivity index (χ4n) is 2.87. The van der Waals surface area contributed by atoms with E-state index in [1.54, 1.807) is 24.3 Å². The third-order valence-electron chi connectivity index (χ3n) is 4.58. The van der Waals surface area contributed by atoms with Crippen LogP contribution in [0.4, 0.5) is 5.69 Å². The molecule has 8 nitrogen and oxygen atoms in total. The molecule has 3 rings (SSSR count). The predicted molar refractivity (Wildman–Crippen MR) is 116 cm³/mol. The molecule has 3 aromatic rings. The number of carbonyl (C=O) groups is 1. The fraction of sp³-hybridized carbons (Fsp3) is 0.130. The van der Waals surface area contributed by atoms with Gasteiger partial charge in [-0.1, -0.05) is 35.5 Å². The summed E-state index contributed by atoms with van der Waals surface area (Å²) < 4.78 is 5.91. The van der Waals surface area contributed by atoms with Crippen LogP contribution in [0.15, 0.2) is 71.9 Å². The van der Waals surface area contributed by atoms with Crippen molar-refractivity contribution in [2.45, 2.75) is 20.5 Å². The number of benzene rings is 3. The zero-order valence-electron chi connectivity index (χ0n) is 17.1. The van der Waals surface area contributed by atoms with Crippen LogP contribution in [0.25, 0.3) is 0 Å². The Balaban J connectivity index is 1.59. The summed E-state index contributed by atoms with van der Waals surface area (Å²) in [6.07, 6.45) is 0. The van der Waals surface area contributed by atoms with Gasteiger partial charge in [-0.2, -0.15) is 0 Å². The average Bonchev–Trinajstić information content (AvgIpc) is 2.77. The molecule has 0 amide bonds. The van der Waals surface area contributed by atoms with Gasteiger partial charge in [-0.25, -0.2) is 4.79 Å². The van der Waals surface area contributed by atoms with E-state index in [-0.39, 0.29) is 11.5 Å². The number of para-hydroxylation sites is 1. The molecule has 0 aliphatic heterocycles. The molecule has 0 radical (unpaired) electrons. The zero-order valence-corrected chi connectivity index (χ0v) is 17.1. The number of aryl methyl sites for hydroxylation is 2. The summed E-state index contributed by atoms with van der Waals surface area (Å²) in [4.78, 5) is 27.2. The Hall–Kier alpha value is -4.20. The minimum atomic E-state index is -0.674.